The smallest absolute Gasteiger partial charge is 0.253 e. The number of carbonyl (C=O) groups excluding carboxylic acids is 1. The first kappa shape index (κ1) is 21.4. The normalized spacial score (nSPS) is 14.9. The second-order valence-corrected chi connectivity index (χ2v) is 8.65. The summed E-state index contributed by atoms with van der Waals surface area (Å²) in [4.78, 5) is 14.7. The molecule has 1 aliphatic heterocycles. The Morgan fingerprint density at radius 3 is 2.33 bits per heavy atom. The van der Waals surface area contributed by atoms with Gasteiger partial charge < -0.3 is 10.2 Å². The molecule has 0 spiro atoms. The lowest BCUT2D eigenvalue weighted by Gasteiger charge is -2.20. The zero-order chi connectivity index (χ0) is 18.6. The monoisotopic (exact) mass is 408 g/mol. The summed E-state index contributed by atoms with van der Waals surface area (Å²) >= 11 is 0. The van der Waals surface area contributed by atoms with Crippen molar-refractivity contribution in [2.24, 2.45) is 0 Å². The molecule has 1 amide bonds. The average Bonchev–Trinajstić information content (AvgIpc) is 2.91. The first-order valence-corrected chi connectivity index (χ1v) is 10.5. The maximum Gasteiger partial charge on any atom is 0.253 e. The highest BCUT2D eigenvalue weighted by Gasteiger charge is 2.18. The summed E-state index contributed by atoms with van der Waals surface area (Å²) in [6.07, 6.45) is 0.943. The van der Waals surface area contributed by atoms with E-state index in [2.05, 4.69) is 5.32 Å². The zero-order valence-electron chi connectivity index (χ0n) is 15.3. The van der Waals surface area contributed by atoms with Crippen LogP contribution in [0, 0.1) is 6.92 Å². The predicted molar refractivity (Wildman–Crippen MR) is 109 cm³/mol. The summed E-state index contributed by atoms with van der Waals surface area (Å²) in [6.45, 7) is 5.10. The Kier molecular flexibility index (Phi) is 7.41. The van der Waals surface area contributed by atoms with Crippen LogP contribution in [0.25, 0.3) is 0 Å². The molecule has 27 heavy (non-hydrogen) atoms. The summed E-state index contributed by atoms with van der Waals surface area (Å²) in [6, 6.07) is 13.8. The van der Waals surface area contributed by atoms with E-state index < -0.39 is 9.84 Å². The average molecular weight is 409 g/mol. The molecule has 3 rings (SSSR count). The highest BCUT2D eigenvalue weighted by molar-refractivity contribution is 7.90. The lowest BCUT2D eigenvalue weighted by molar-refractivity contribution is 0.0766. The van der Waals surface area contributed by atoms with Crippen LogP contribution in [0.2, 0.25) is 0 Å². The van der Waals surface area contributed by atoms with Crippen LogP contribution in [0.15, 0.2) is 53.4 Å². The largest absolute Gasteiger partial charge is 0.337 e. The van der Waals surface area contributed by atoms with Crippen LogP contribution in [-0.4, -0.2) is 45.4 Å². The zero-order valence-corrected chi connectivity index (χ0v) is 17.0. The van der Waals surface area contributed by atoms with E-state index in [1.165, 1.54) is 0 Å². The van der Waals surface area contributed by atoms with Gasteiger partial charge in [0, 0.05) is 25.2 Å². The van der Waals surface area contributed by atoms with Crippen molar-refractivity contribution in [2.75, 3.05) is 26.2 Å². The molecule has 0 saturated carbocycles. The minimum Gasteiger partial charge on any atom is -0.337 e. The van der Waals surface area contributed by atoms with E-state index >= 15 is 0 Å². The van der Waals surface area contributed by atoms with Crippen molar-refractivity contribution >= 4 is 28.2 Å². The van der Waals surface area contributed by atoms with Crippen LogP contribution in [0.5, 0.6) is 0 Å². The summed E-state index contributed by atoms with van der Waals surface area (Å²) in [5.74, 6) is -0.0697. The van der Waals surface area contributed by atoms with Crippen molar-refractivity contribution in [3.8, 4) is 0 Å². The van der Waals surface area contributed by atoms with E-state index in [4.69, 9.17) is 0 Å². The molecule has 0 atom stereocenters. The fourth-order valence-electron chi connectivity index (χ4n) is 3.02. The van der Waals surface area contributed by atoms with Gasteiger partial charge in [-0.25, -0.2) is 8.42 Å². The van der Waals surface area contributed by atoms with Crippen molar-refractivity contribution in [3.63, 3.8) is 0 Å². The number of rotatable bonds is 4. The fourth-order valence-corrected chi connectivity index (χ4v) is 4.37. The lowest BCUT2D eigenvalue weighted by Crippen LogP contribution is -2.34. The first-order chi connectivity index (χ1) is 12.5. The number of carbonyl (C=O) groups is 1. The molecule has 0 aliphatic carbocycles. The molecular weight excluding hydrogens is 384 g/mol. The topological polar surface area (TPSA) is 66.5 Å². The molecule has 2 aromatic rings. The quantitative estimate of drug-likeness (QED) is 0.844. The van der Waals surface area contributed by atoms with Crippen molar-refractivity contribution in [2.45, 2.75) is 24.0 Å². The van der Waals surface area contributed by atoms with E-state index in [0.29, 0.717) is 22.6 Å². The Balaban J connectivity index is 0.00000261. The number of hydrogen-bond donors (Lipinski definition) is 1. The minimum atomic E-state index is -3.39. The standard InChI is InChI=1S/C20H24N2O3S.ClH/c1-16-3-9-19(10-4-16)26(24,25)15-17-5-7-18(8-6-17)20(23)22-13-2-11-21-12-14-22;/h3-10,21H,2,11-15H2,1H3;1H. The van der Waals surface area contributed by atoms with Crippen LogP contribution in [-0.2, 0) is 15.6 Å². The Hall–Kier alpha value is -1.89. The number of halogens is 1. The molecule has 0 unspecified atom stereocenters. The number of nitrogens with zero attached hydrogens (tertiary/aromatic N) is 1. The lowest BCUT2D eigenvalue weighted by atomic mass is 10.1. The Morgan fingerprint density at radius 2 is 1.67 bits per heavy atom. The van der Waals surface area contributed by atoms with Crippen molar-refractivity contribution in [1.29, 1.82) is 0 Å². The molecule has 1 aliphatic rings. The molecule has 7 heteroatoms. The number of nitrogens with one attached hydrogen (secondary N) is 1. The van der Waals surface area contributed by atoms with Gasteiger partial charge in [-0.05, 0) is 49.7 Å². The summed E-state index contributed by atoms with van der Waals surface area (Å²) in [5, 5.41) is 3.28. The minimum absolute atomic E-state index is 0. The van der Waals surface area contributed by atoms with Gasteiger partial charge in [-0.2, -0.15) is 0 Å². The van der Waals surface area contributed by atoms with E-state index in [0.717, 1.165) is 31.6 Å². The molecule has 5 nitrogen and oxygen atoms in total. The highest BCUT2D eigenvalue weighted by Crippen LogP contribution is 2.18. The maximum absolute atomic E-state index is 12.6. The number of amides is 1. The number of sulfone groups is 1. The Labute approximate surface area is 167 Å². The van der Waals surface area contributed by atoms with Crippen LogP contribution >= 0.6 is 12.4 Å². The van der Waals surface area contributed by atoms with Gasteiger partial charge >= 0.3 is 0 Å². The summed E-state index contributed by atoms with van der Waals surface area (Å²) in [5.41, 5.74) is 2.30. The Bertz CT molecular complexity index is 857. The van der Waals surface area contributed by atoms with Crippen LogP contribution < -0.4 is 5.32 Å². The van der Waals surface area contributed by atoms with Crippen molar-refractivity contribution < 1.29 is 13.2 Å². The van der Waals surface area contributed by atoms with Gasteiger partial charge in [-0.3, -0.25) is 4.79 Å². The molecule has 0 radical (unpaired) electrons. The third kappa shape index (κ3) is 5.54. The molecule has 1 fully saturated rings. The molecule has 0 bridgehead atoms. The second-order valence-electron chi connectivity index (χ2n) is 6.66. The molecular formula is C20H25ClN2O3S. The Morgan fingerprint density at radius 1 is 1.00 bits per heavy atom. The van der Waals surface area contributed by atoms with Crippen LogP contribution in [0.1, 0.15) is 27.9 Å². The molecule has 2 aromatic carbocycles. The van der Waals surface area contributed by atoms with Gasteiger partial charge in [-0.15, -0.1) is 12.4 Å². The summed E-state index contributed by atoms with van der Waals surface area (Å²) in [7, 11) is -3.39. The predicted octanol–water partition coefficient (Wildman–Crippen LogP) is 2.83. The highest BCUT2D eigenvalue weighted by atomic mass is 35.5. The third-order valence-electron chi connectivity index (χ3n) is 4.56. The second kappa shape index (κ2) is 9.35. The molecule has 1 saturated heterocycles. The van der Waals surface area contributed by atoms with E-state index in [1.54, 1.807) is 48.5 Å². The van der Waals surface area contributed by atoms with Gasteiger partial charge in [-0.1, -0.05) is 29.8 Å². The third-order valence-corrected chi connectivity index (χ3v) is 6.27. The fraction of sp³-hybridized carbons (Fsp3) is 0.350. The number of aryl methyl sites for hydroxylation is 1. The van der Waals surface area contributed by atoms with Crippen molar-refractivity contribution in [3.05, 3.63) is 65.2 Å². The van der Waals surface area contributed by atoms with Gasteiger partial charge in [0.1, 0.15) is 0 Å². The molecule has 0 aromatic heterocycles. The van der Waals surface area contributed by atoms with Gasteiger partial charge in [0.2, 0.25) is 0 Å². The van der Waals surface area contributed by atoms with Crippen molar-refractivity contribution in [1.82, 2.24) is 10.2 Å². The number of benzene rings is 2. The van der Waals surface area contributed by atoms with E-state index in [9.17, 15) is 13.2 Å². The van der Waals surface area contributed by atoms with Crippen LogP contribution in [0.3, 0.4) is 0 Å². The van der Waals surface area contributed by atoms with Gasteiger partial charge in [0.15, 0.2) is 9.84 Å². The molecule has 146 valence electrons. The van der Waals surface area contributed by atoms with Gasteiger partial charge in [0.05, 0.1) is 10.6 Å². The molecule has 1 N–H and O–H groups in total. The van der Waals surface area contributed by atoms with Gasteiger partial charge in [0.25, 0.3) is 5.91 Å². The first-order valence-electron chi connectivity index (χ1n) is 8.84. The summed E-state index contributed by atoms with van der Waals surface area (Å²) < 4.78 is 25.1. The van der Waals surface area contributed by atoms with Crippen LogP contribution in [0.4, 0.5) is 0 Å². The SMILES string of the molecule is Cc1ccc(S(=O)(=O)Cc2ccc(C(=O)N3CCCNCC3)cc2)cc1.Cl. The number of hydrogen-bond acceptors (Lipinski definition) is 4. The van der Waals surface area contributed by atoms with E-state index in [1.807, 2.05) is 11.8 Å². The maximum atomic E-state index is 12.6. The molecule has 1 heterocycles. The van der Waals surface area contributed by atoms with E-state index in [-0.39, 0.29) is 24.1 Å².